The number of aromatic amines is 1. The number of aromatic nitrogens is 1. The highest BCUT2D eigenvalue weighted by Gasteiger charge is 2.17. The first kappa shape index (κ1) is 10.1. The highest BCUT2D eigenvalue weighted by molar-refractivity contribution is 6.38. The van der Waals surface area contributed by atoms with Crippen molar-refractivity contribution in [3.05, 3.63) is 51.5 Å². The van der Waals surface area contributed by atoms with Crippen molar-refractivity contribution in [3.63, 3.8) is 0 Å². The highest BCUT2D eigenvalue weighted by Crippen LogP contribution is 2.35. The molecule has 4 nitrogen and oxygen atoms in total. The molecule has 0 saturated heterocycles. The summed E-state index contributed by atoms with van der Waals surface area (Å²) in [4.78, 5) is 13.4. The molecule has 0 fully saturated rings. The molecule has 0 aliphatic carbocycles. The van der Waals surface area contributed by atoms with Crippen LogP contribution in [-0.4, -0.2) is 9.91 Å². The van der Waals surface area contributed by atoms with E-state index in [1.54, 1.807) is 6.07 Å². The van der Waals surface area contributed by atoms with Gasteiger partial charge < -0.3 is 4.98 Å². The quantitative estimate of drug-likeness (QED) is 0.523. The van der Waals surface area contributed by atoms with Gasteiger partial charge in [-0.1, -0.05) is 29.8 Å². The van der Waals surface area contributed by atoms with Crippen molar-refractivity contribution < 1.29 is 4.92 Å². The molecule has 17 heavy (non-hydrogen) atoms. The maximum atomic E-state index is 10.8. The van der Waals surface area contributed by atoms with Crippen LogP contribution in [0.5, 0.6) is 0 Å². The number of hydrogen-bond donors (Lipinski definition) is 1. The Bertz CT molecular complexity index is 749. The highest BCUT2D eigenvalue weighted by atomic mass is 35.5. The van der Waals surface area contributed by atoms with Gasteiger partial charge in [0.05, 0.1) is 10.4 Å². The Morgan fingerprint density at radius 1 is 1.12 bits per heavy atom. The van der Waals surface area contributed by atoms with Gasteiger partial charge in [-0.15, -0.1) is 0 Å². The molecule has 0 unspecified atom stereocenters. The van der Waals surface area contributed by atoms with E-state index in [0.717, 1.165) is 16.3 Å². The summed E-state index contributed by atoms with van der Waals surface area (Å²) in [5, 5.41) is 12.9. The van der Waals surface area contributed by atoms with E-state index in [9.17, 15) is 10.1 Å². The van der Waals surface area contributed by atoms with E-state index in [1.807, 2.05) is 24.3 Å². The van der Waals surface area contributed by atoms with Crippen molar-refractivity contribution in [2.45, 2.75) is 0 Å². The maximum Gasteiger partial charge on any atom is 0.290 e. The number of nitrogens with zero attached hydrogens (tertiary/aromatic N) is 1. The lowest BCUT2D eigenvalue weighted by molar-refractivity contribution is -0.384. The van der Waals surface area contributed by atoms with Gasteiger partial charge in [-0.25, -0.2) is 0 Å². The molecule has 1 heterocycles. The third-order valence-corrected chi connectivity index (χ3v) is 3.18. The van der Waals surface area contributed by atoms with E-state index < -0.39 is 4.92 Å². The van der Waals surface area contributed by atoms with Gasteiger partial charge in [-0.3, -0.25) is 10.1 Å². The molecule has 0 saturated carbocycles. The van der Waals surface area contributed by atoms with Crippen LogP contribution >= 0.6 is 11.6 Å². The Hall–Kier alpha value is -2.07. The largest absolute Gasteiger partial charge is 0.353 e. The number of para-hydroxylation sites is 1. The molecule has 0 amide bonds. The lowest BCUT2D eigenvalue weighted by Crippen LogP contribution is -1.88. The second-order valence-electron chi connectivity index (χ2n) is 3.75. The van der Waals surface area contributed by atoms with Gasteiger partial charge in [0.2, 0.25) is 0 Å². The molecule has 3 rings (SSSR count). The van der Waals surface area contributed by atoms with Crippen LogP contribution in [0.15, 0.2) is 36.4 Å². The van der Waals surface area contributed by atoms with Crippen molar-refractivity contribution in [2.24, 2.45) is 0 Å². The monoisotopic (exact) mass is 246 g/mol. The van der Waals surface area contributed by atoms with Crippen LogP contribution in [0.4, 0.5) is 5.69 Å². The summed E-state index contributed by atoms with van der Waals surface area (Å²) in [6.45, 7) is 0. The zero-order chi connectivity index (χ0) is 12.0. The number of nitro benzene ring substituents is 1. The molecule has 3 aromatic rings. The fourth-order valence-corrected chi connectivity index (χ4v) is 2.30. The van der Waals surface area contributed by atoms with Crippen LogP contribution in [0.2, 0.25) is 5.02 Å². The zero-order valence-electron chi connectivity index (χ0n) is 8.61. The number of nitro groups is 1. The molecule has 1 aromatic heterocycles. The molecular weight excluding hydrogens is 240 g/mol. The standard InChI is InChI=1S/C12H7ClN2O2/c13-11-10(15(16)17)6-5-8-7-3-1-2-4-9(7)14-12(8)11/h1-6,14H. The van der Waals surface area contributed by atoms with Gasteiger partial charge in [0.1, 0.15) is 5.02 Å². The predicted octanol–water partition coefficient (Wildman–Crippen LogP) is 3.88. The average Bonchev–Trinajstić information content (AvgIpc) is 2.69. The lowest BCUT2D eigenvalue weighted by atomic mass is 10.1. The summed E-state index contributed by atoms with van der Waals surface area (Å²) in [7, 11) is 0. The maximum absolute atomic E-state index is 10.8. The molecule has 0 atom stereocenters. The molecule has 1 N–H and O–H groups in total. The second-order valence-corrected chi connectivity index (χ2v) is 4.13. The van der Waals surface area contributed by atoms with Gasteiger partial charge >= 0.3 is 0 Å². The number of rotatable bonds is 1. The summed E-state index contributed by atoms with van der Waals surface area (Å²) in [5.41, 5.74) is 1.46. The second kappa shape index (κ2) is 3.46. The molecule has 0 aliphatic rings. The van der Waals surface area contributed by atoms with Crippen LogP contribution < -0.4 is 0 Å². The van der Waals surface area contributed by atoms with E-state index in [2.05, 4.69) is 4.98 Å². The van der Waals surface area contributed by atoms with Crippen molar-refractivity contribution in [2.75, 3.05) is 0 Å². The van der Waals surface area contributed by atoms with Crippen LogP contribution in [0.25, 0.3) is 21.8 Å². The minimum atomic E-state index is -0.479. The van der Waals surface area contributed by atoms with E-state index in [0.29, 0.717) is 5.52 Å². The topological polar surface area (TPSA) is 58.9 Å². The van der Waals surface area contributed by atoms with Crippen molar-refractivity contribution in [1.82, 2.24) is 4.98 Å². The van der Waals surface area contributed by atoms with Gasteiger partial charge in [0.25, 0.3) is 5.69 Å². The lowest BCUT2D eigenvalue weighted by Gasteiger charge is -1.96. The molecule has 5 heteroatoms. The number of halogens is 1. The Morgan fingerprint density at radius 3 is 2.65 bits per heavy atom. The number of H-pyrrole nitrogens is 1. The first-order valence-corrected chi connectivity index (χ1v) is 5.39. The van der Waals surface area contributed by atoms with Gasteiger partial charge in [0, 0.05) is 22.4 Å². The van der Waals surface area contributed by atoms with Crippen molar-refractivity contribution >= 4 is 39.1 Å². The minimum absolute atomic E-state index is 0.0780. The molecule has 0 aliphatic heterocycles. The third kappa shape index (κ3) is 1.38. The number of fused-ring (bicyclic) bond motifs is 3. The van der Waals surface area contributed by atoms with Gasteiger partial charge in [0.15, 0.2) is 0 Å². The molecule has 84 valence electrons. The van der Waals surface area contributed by atoms with E-state index in [4.69, 9.17) is 11.6 Å². The summed E-state index contributed by atoms with van der Waals surface area (Å²) >= 11 is 6.04. The Balaban J connectivity index is 2.48. The smallest absolute Gasteiger partial charge is 0.290 e. The normalized spacial score (nSPS) is 11.1. The van der Waals surface area contributed by atoms with E-state index >= 15 is 0 Å². The summed E-state index contributed by atoms with van der Waals surface area (Å²) < 4.78 is 0. The third-order valence-electron chi connectivity index (χ3n) is 2.80. The van der Waals surface area contributed by atoms with E-state index in [1.165, 1.54) is 6.07 Å². The molecule has 0 radical (unpaired) electrons. The van der Waals surface area contributed by atoms with Crippen molar-refractivity contribution in [3.8, 4) is 0 Å². The number of hydrogen-bond acceptors (Lipinski definition) is 2. The van der Waals surface area contributed by atoms with Crippen LogP contribution in [0.3, 0.4) is 0 Å². The minimum Gasteiger partial charge on any atom is -0.353 e. The predicted molar refractivity (Wildman–Crippen MR) is 67.5 cm³/mol. The fraction of sp³-hybridized carbons (Fsp3) is 0. The fourth-order valence-electron chi connectivity index (χ4n) is 2.01. The van der Waals surface area contributed by atoms with Gasteiger partial charge in [-0.05, 0) is 12.1 Å². The molecule has 2 aromatic carbocycles. The SMILES string of the molecule is O=[N+]([O-])c1ccc2c([nH]c3ccccc32)c1Cl. The molecule has 0 bridgehead atoms. The van der Waals surface area contributed by atoms with Crippen LogP contribution in [-0.2, 0) is 0 Å². The molecule has 0 spiro atoms. The van der Waals surface area contributed by atoms with Crippen LogP contribution in [0.1, 0.15) is 0 Å². The van der Waals surface area contributed by atoms with Crippen molar-refractivity contribution in [1.29, 1.82) is 0 Å². The Labute approximate surface area is 101 Å². The first-order valence-electron chi connectivity index (χ1n) is 5.02. The van der Waals surface area contributed by atoms with E-state index in [-0.39, 0.29) is 10.7 Å². The Morgan fingerprint density at radius 2 is 1.88 bits per heavy atom. The van der Waals surface area contributed by atoms with Gasteiger partial charge in [-0.2, -0.15) is 0 Å². The number of nitrogens with one attached hydrogen (secondary N) is 1. The summed E-state index contributed by atoms with van der Waals surface area (Å²) in [6, 6.07) is 10.8. The summed E-state index contributed by atoms with van der Waals surface area (Å²) in [5.74, 6) is 0. The van der Waals surface area contributed by atoms with Crippen LogP contribution in [0, 0.1) is 10.1 Å². The molecular formula is C12H7ClN2O2. The summed E-state index contributed by atoms with van der Waals surface area (Å²) in [6.07, 6.45) is 0. The average molecular weight is 247 g/mol. The first-order chi connectivity index (χ1) is 8.18. The number of benzene rings is 2. The Kier molecular flexibility index (Phi) is 2.06. The zero-order valence-corrected chi connectivity index (χ0v) is 9.36.